The summed E-state index contributed by atoms with van der Waals surface area (Å²) in [4.78, 5) is 31.2. The third-order valence-corrected chi connectivity index (χ3v) is 8.07. The van der Waals surface area contributed by atoms with Gasteiger partial charge in [-0.2, -0.15) is 0 Å². The van der Waals surface area contributed by atoms with Gasteiger partial charge >= 0.3 is 0 Å². The molecule has 0 radical (unpaired) electrons. The zero-order valence-corrected chi connectivity index (χ0v) is 24.5. The van der Waals surface area contributed by atoms with E-state index >= 15 is 0 Å². The first kappa shape index (κ1) is 28.5. The van der Waals surface area contributed by atoms with Gasteiger partial charge in [-0.1, -0.05) is 54.1 Å². The number of aryl methyl sites for hydroxylation is 1. The normalized spacial score (nSPS) is 14.6. The van der Waals surface area contributed by atoms with Crippen molar-refractivity contribution in [2.75, 3.05) is 42.1 Å². The van der Waals surface area contributed by atoms with E-state index in [1.807, 2.05) is 60.1 Å². The maximum Gasteiger partial charge on any atom is 0.254 e. The third kappa shape index (κ3) is 6.66. The van der Waals surface area contributed by atoms with Crippen LogP contribution in [0.25, 0.3) is 10.9 Å². The Bertz CT molecular complexity index is 1680. The molecule has 1 saturated heterocycles. The number of carbonyl (C=O) groups is 2. The van der Waals surface area contributed by atoms with Crippen LogP contribution in [0.1, 0.15) is 15.9 Å². The van der Waals surface area contributed by atoms with E-state index in [1.165, 1.54) is 0 Å². The summed E-state index contributed by atoms with van der Waals surface area (Å²) in [6.07, 6.45) is 3.21. The summed E-state index contributed by atoms with van der Waals surface area (Å²) in [5.74, 6) is -0.482. The van der Waals surface area contributed by atoms with E-state index in [9.17, 15) is 18.0 Å². The Morgan fingerprint density at radius 2 is 1.59 bits per heavy atom. The zero-order chi connectivity index (χ0) is 29.1. The summed E-state index contributed by atoms with van der Waals surface area (Å²) in [5, 5.41) is 4.43. The maximum absolute atomic E-state index is 13.9. The van der Waals surface area contributed by atoms with E-state index in [2.05, 4.69) is 14.9 Å². The summed E-state index contributed by atoms with van der Waals surface area (Å²) >= 11 is 6.08. The highest BCUT2D eigenvalue weighted by Gasteiger charge is 2.30. The molecule has 5 rings (SSSR count). The summed E-state index contributed by atoms with van der Waals surface area (Å²) in [5.41, 5.74) is 3.58. The van der Waals surface area contributed by atoms with Crippen LogP contribution in [0.5, 0.6) is 0 Å². The number of amides is 2. The zero-order valence-electron chi connectivity index (χ0n) is 22.9. The van der Waals surface area contributed by atoms with Crippen LogP contribution in [0.2, 0.25) is 5.02 Å². The van der Waals surface area contributed by atoms with Gasteiger partial charge in [-0.15, -0.1) is 0 Å². The molecule has 1 fully saturated rings. The molecule has 1 aliphatic rings. The van der Waals surface area contributed by atoms with Gasteiger partial charge in [0.1, 0.15) is 6.04 Å². The van der Waals surface area contributed by atoms with Crippen molar-refractivity contribution in [1.29, 1.82) is 0 Å². The number of anilines is 2. The predicted molar refractivity (Wildman–Crippen MR) is 163 cm³/mol. The van der Waals surface area contributed by atoms with Crippen molar-refractivity contribution in [1.82, 2.24) is 14.8 Å². The second-order valence-electron chi connectivity index (χ2n) is 10.2. The molecule has 2 heterocycles. The fourth-order valence-corrected chi connectivity index (χ4v) is 5.94. The number of sulfonamides is 1. The van der Waals surface area contributed by atoms with E-state index in [4.69, 9.17) is 11.6 Å². The van der Waals surface area contributed by atoms with Crippen LogP contribution in [0, 0.1) is 0 Å². The Morgan fingerprint density at radius 1 is 0.927 bits per heavy atom. The number of carbonyl (C=O) groups excluding carboxylic acids is 2. The van der Waals surface area contributed by atoms with Gasteiger partial charge in [0.25, 0.3) is 5.91 Å². The SMILES string of the molecule is Cn1cc(C(=O)NC(Cc2ccc(Cl)cc2)C(=O)N2CCN(c3ccccc3NS(C)(=O)=O)CC2)c2ccccc21. The number of hydrogen-bond donors (Lipinski definition) is 2. The molecular weight excluding hydrogens is 562 g/mol. The lowest BCUT2D eigenvalue weighted by atomic mass is 10.0. The quantitative estimate of drug-likeness (QED) is 0.323. The van der Waals surface area contributed by atoms with Crippen molar-refractivity contribution in [2.24, 2.45) is 7.05 Å². The lowest BCUT2D eigenvalue weighted by Gasteiger charge is -2.38. The van der Waals surface area contributed by atoms with Crippen LogP contribution in [-0.2, 0) is 28.3 Å². The van der Waals surface area contributed by atoms with Crippen LogP contribution < -0.4 is 14.9 Å². The number of nitrogens with zero attached hydrogens (tertiary/aromatic N) is 3. The predicted octanol–water partition coefficient (Wildman–Crippen LogP) is 3.89. The number of piperazine rings is 1. The molecule has 1 aliphatic heterocycles. The number of nitrogens with one attached hydrogen (secondary N) is 2. The van der Waals surface area contributed by atoms with E-state index in [0.717, 1.165) is 28.4 Å². The van der Waals surface area contributed by atoms with Crippen molar-refractivity contribution in [3.8, 4) is 0 Å². The van der Waals surface area contributed by atoms with Gasteiger partial charge in [0, 0.05) is 61.8 Å². The number of rotatable bonds is 8. The molecule has 1 atom stereocenters. The van der Waals surface area contributed by atoms with Gasteiger partial charge < -0.3 is 19.7 Å². The fourth-order valence-electron chi connectivity index (χ4n) is 5.24. The van der Waals surface area contributed by atoms with Crippen molar-refractivity contribution in [2.45, 2.75) is 12.5 Å². The number of hydrogen-bond acceptors (Lipinski definition) is 5. The third-order valence-electron chi connectivity index (χ3n) is 7.23. The highest BCUT2D eigenvalue weighted by atomic mass is 35.5. The van der Waals surface area contributed by atoms with Gasteiger partial charge in [0.2, 0.25) is 15.9 Å². The minimum atomic E-state index is -3.44. The average Bonchev–Trinajstić information content (AvgIpc) is 3.29. The molecule has 2 N–H and O–H groups in total. The molecule has 0 spiro atoms. The van der Waals surface area contributed by atoms with Crippen LogP contribution in [0.4, 0.5) is 11.4 Å². The first-order valence-corrected chi connectivity index (χ1v) is 15.6. The largest absolute Gasteiger partial charge is 0.366 e. The molecule has 9 nitrogen and oxygen atoms in total. The van der Waals surface area contributed by atoms with Crippen LogP contribution in [0.3, 0.4) is 0 Å². The smallest absolute Gasteiger partial charge is 0.254 e. The van der Waals surface area contributed by atoms with Crippen molar-refractivity contribution in [3.63, 3.8) is 0 Å². The fraction of sp³-hybridized carbons (Fsp3) is 0.267. The van der Waals surface area contributed by atoms with Gasteiger partial charge in [0.05, 0.1) is 23.2 Å². The van der Waals surface area contributed by atoms with Crippen LogP contribution in [0.15, 0.2) is 79.0 Å². The molecule has 41 heavy (non-hydrogen) atoms. The van der Waals surface area contributed by atoms with E-state index in [1.54, 1.807) is 35.4 Å². The number of benzene rings is 3. The van der Waals surface area contributed by atoms with Crippen LogP contribution >= 0.6 is 11.6 Å². The van der Waals surface area contributed by atoms with Gasteiger partial charge in [0.15, 0.2) is 0 Å². The molecule has 4 aromatic rings. The Morgan fingerprint density at radius 3 is 2.29 bits per heavy atom. The first-order valence-electron chi connectivity index (χ1n) is 13.3. The number of aromatic nitrogens is 1. The Labute approximate surface area is 244 Å². The molecule has 3 aromatic carbocycles. The van der Waals surface area contributed by atoms with Gasteiger partial charge in [-0.25, -0.2) is 8.42 Å². The van der Waals surface area contributed by atoms with Gasteiger partial charge in [-0.3, -0.25) is 14.3 Å². The lowest BCUT2D eigenvalue weighted by Crippen LogP contribution is -2.55. The average molecular weight is 594 g/mol. The van der Waals surface area contributed by atoms with Gasteiger partial charge in [-0.05, 0) is 35.9 Å². The van der Waals surface area contributed by atoms with Crippen molar-refractivity contribution < 1.29 is 18.0 Å². The summed E-state index contributed by atoms with van der Waals surface area (Å²) in [7, 11) is -1.56. The molecular formula is C30H32ClN5O4S. The Hall–Kier alpha value is -4.02. The minimum Gasteiger partial charge on any atom is -0.366 e. The molecule has 1 unspecified atom stereocenters. The summed E-state index contributed by atoms with van der Waals surface area (Å²) < 4.78 is 28.2. The summed E-state index contributed by atoms with van der Waals surface area (Å²) in [6, 6.07) is 21.3. The molecule has 11 heteroatoms. The van der Waals surface area contributed by atoms with Crippen molar-refractivity contribution >= 4 is 55.7 Å². The standard InChI is InChI=1S/C30H32ClN5O4S/c1-34-20-24(23-7-3-5-9-27(23)34)29(37)32-26(19-21-11-13-22(31)14-12-21)30(38)36-17-15-35(16-18-36)28-10-6-4-8-25(28)33-41(2,39)40/h3-14,20,26,33H,15-19H2,1-2H3,(H,32,37). The number of fused-ring (bicyclic) bond motifs is 1. The number of halogens is 1. The molecule has 214 valence electrons. The van der Waals surface area contributed by atoms with E-state index < -0.39 is 16.1 Å². The first-order chi connectivity index (χ1) is 19.6. The number of para-hydroxylation sites is 3. The van der Waals surface area contributed by atoms with E-state index in [0.29, 0.717) is 48.9 Å². The molecule has 0 saturated carbocycles. The highest BCUT2D eigenvalue weighted by Crippen LogP contribution is 2.28. The van der Waals surface area contributed by atoms with E-state index in [-0.39, 0.29) is 11.8 Å². The molecule has 0 aliphatic carbocycles. The minimum absolute atomic E-state index is 0.171. The van der Waals surface area contributed by atoms with Crippen LogP contribution in [-0.4, -0.2) is 68.2 Å². The highest BCUT2D eigenvalue weighted by molar-refractivity contribution is 7.92. The molecule has 2 amide bonds. The Kier molecular flexibility index (Phi) is 8.23. The summed E-state index contributed by atoms with van der Waals surface area (Å²) in [6.45, 7) is 1.87. The second kappa shape index (κ2) is 11.8. The molecule has 1 aromatic heterocycles. The molecule has 0 bridgehead atoms. The topological polar surface area (TPSA) is 104 Å². The van der Waals surface area contributed by atoms with Crippen molar-refractivity contribution in [3.05, 3.63) is 95.1 Å². The monoisotopic (exact) mass is 593 g/mol. The maximum atomic E-state index is 13.9. The lowest BCUT2D eigenvalue weighted by molar-refractivity contribution is -0.133. The second-order valence-corrected chi connectivity index (χ2v) is 12.4. The Balaban J connectivity index is 1.34.